The molecule has 3 heteroatoms. The Hall–Kier alpha value is -1.92. The highest BCUT2D eigenvalue weighted by Gasteiger charge is 2.64. The summed E-state index contributed by atoms with van der Waals surface area (Å²) in [6.45, 7) is 11.4. The molecule has 2 heterocycles. The van der Waals surface area contributed by atoms with Crippen molar-refractivity contribution in [3.63, 3.8) is 0 Å². The number of nitrogens with zero attached hydrogens (tertiary/aromatic N) is 2. The summed E-state index contributed by atoms with van der Waals surface area (Å²) < 4.78 is 2.38. The normalized spacial score (nSPS) is 20.4. The highest BCUT2D eigenvalue weighted by molar-refractivity contribution is 7.97. The fraction of sp³-hybridized carbons (Fsp3) is 0.400. The van der Waals surface area contributed by atoms with E-state index in [4.69, 9.17) is 5.10 Å². The largest absolute Gasteiger partial charge is 0.258 e. The van der Waals surface area contributed by atoms with Gasteiger partial charge in [0.2, 0.25) is 0 Å². The number of fused-ring (bicyclic) bond motifs is 1. The van der Waals surface area contributed by atoms with Crippen molar-refractivity contribution >= 4 is 23.2 Å². The lowest BCUT2D eigenvalue weighted by molar-refractivity contribution is 0.282. The maximum atomic E-state index is 4.93. The van der Waals surface area contributed by atoms with Crippen LogP contribution in [-0.4, -0.2) is 9.78 Å². The minimum Gasteiger partial charge on any atom is -0.258 e. The molecule has 1 aliphatic heterocycles. The molecule has 1 unspecified atom stereocenters. The third-order valence-corrected chi connectivity index (χ3v) is 11.5. The lowest BCUT2D eigenvalue weighted by Crippen LogP contribution is -2.45. The van der Waals surface area contributed by atoms with Crippen molar-refractivity contribution in [3.05, 3.63) is 70.5 Å². The van der Waals surface area contributed by atoms with Gasteiger partial charge < -0.3 is 0 Å². The number of hydrogen-bond acceptors (Lipinski definition) is 1. The van der Waals surface area contributed by atoms with Gasteiger partial charge in [-0.15, -0.1) is 0 Å². The minimum atomic E-state index is -1.65. The Bertz CT molecular complexity index is 982. The summed E-state index contributed by atoms with van der Waals surface area (Å²) in [7, 11) is -1.65. The van der Waals surface area contributed by atoms with Gasteiger partial charge in [0.25, 0.3) is 0 Å². The Kier molecular flexibility index (Phi) is 4.07. The smallest absolute Gasteiger partial charge is 0.150 e. The molecule has 1 atom stereocenters. The van der Waals surface area contributed by atoms with Crippen LogP contribution < -0.4 is 15.9 Å². The molecule has 28 heavy (non-hydrogen) atoms. The van der Waals surface area contributed by atoms with E-state index >= 15 is 0 Å². The highest BCUT2D eigenvalue weighted by atomic mass is 31.2. The zero-order valence-corrected chi connectivity index (χ0v) is 18.6. The van der Waals surface area contributed by atoms with E-state index in [1.165, 1.54) is 63.1 Å². The zero-order valence-electron chi connectivity index (χ0n) is 17.7. The summed E-state index contributed by atoms with van der Waals surface area (Å²) in [5.74, 6) is 0. The first kappa shape index (κ1) is 18.1. The third-order valence-electron chi connectivity index (χ3n) is 6.82. The van der Waals surface area contributed by atoms with Gasteiger partial charge in [0.15, 0.2) is 0 Å². The Morgan fingerprint density at radius 2 is 1.32 bits per heavy atom. The number of aryl methyl sites for hydroxylation is 4. The van der Waals surface area contributed by atoms with Gasteiger partial charge in [-0.2, -0.15) is 5.10 Å². The van der Waals surface area contributed by atoms with Gasteiger partial charge in [-0.1, -0.05) is 12.1 Å². The maximum Gasteiger partial charge on any atom is 0.150 e. The third kappa shape index (κ3) is 2.40. The molecule has 2 aliphatic rings. The van der Waals surface area contributed by atoms with Gasteiger partial charge in [-0.25, -0.2) is 0 Å². The van der Waals surface area contributed by atoms with E-state index in [1.54, 1.807) is 0 Å². The van der Waals surface area contributed by atoms with Crippen molar-refractivity contribution in [1.29, 1.82) is 0 Å². The first-order chi connectivity index (χ1) is 13.4. The van der Waals surface area contributed by atoms with Crippen molar-refractivity contribution < 1.29 is 0 Å². The van der Waals surface area contributed by atoms with Gasteiger partial charge in [0, 0.05) is 0 Å². The van der Waals surface area contributed by atoms with Crippen LogP contribution in [0.25, 0.3) is 0 Å². The SMILES string of the molecule is Cc1cc(C)cc([P+]2(c3cc(C)cc(C)c3)c3cnn(C4CCC4)c3C2C)c1. The Balaban J connectivity index is 1.78. The second kappa shape index (κ2) is 6.29. The summed E-state index contributed by atoms with van der Waals surface area (Å²) in [6, 6.07) is 15.0. The molecule has 0 radical (unpaired) electrons. The van der Waals surface area contributed by atoms with Crippen LogP contribution in [-0.2, 0) is 0 Å². The fourth-order valence-corrected chi connectivity index (χ4v) is 10.6. The lowest BCUT2D eigenvalue weighted by atomic mass is 9.93. The molecule has 0 spiro atoms. The molecule has 3 aromatic rings. The van der Waals surface area contributed by atoms with Crippen molar-refractivity contribution in [1.82, 2.24) is 9.78 Å². The average molecular weight is 390 g/mol. The summed E-state index contributed by atoms with van der Waals surface area (Å²) in [6.07, 6.45) is 6.15. The molecule has 0 saturated heterocycles. The molecule has 0 amide bonds. The minimum absolute atomic E-state index is 0.535. The van der Waals surface area contributed by atoms with Crippen molar-refractivity contribution in [3.8, 4) is 0 Å². The van der Waals surface area contributed by atoms with Gasteiger partial charge >= 0.3 is 0 Å². The molecule has 2 aromatic carbocycles. The second-order valence-corrected chi connectivity index (χ2v) is 12.8. The van der Waals surface area contributed by atoms with E-state index in [2.05, 4.69) is 81.9 Å². The van der Waals surface area contributed by atoms with Crippen LogP contribution in [0.3, 0.4) is 0 Å². The predicted octanol–water partition coefficient (Wildman–Crippen LogP) is 5.21. The van der Waals surface area contributed by atoms with E-state index in [-0.39, 0.29) is 0 Å². The first-order valence-electron chi connectivity index (χ1n) is 10.6. The molecule has 0 bridgehead atoms. The summed E-state index contributed by atoms with van der Waals surface area (Å²) >= 11 is 0. The Morgan fingerprint density at radius 3 is 1.75 bits per heavy atom. The molecule has 1 saturated carbocycles. The Morgan fingerprint density at radius 1 is 0.821 bits per heavy atom. The molecule has 2 nitrogen and oxygen atoms in total. The van der Waals surface area contributed by atoms with Crippen LogP contribution in [0.2, 0.25) is 0 Å². The van der Waals surface area contributed by atoms with Gasteiger partial charge in [0.1, 0.15) is 34.5 Å². The summed E-state index contributed by atoms with van der Waals surface area (Å²) in [5.41, 5.74) is 7.51. The molecule has 1 aromatic heterocycles. The lowest BCUT2D eigenvalue weighted by Gasteiger charge is -2.42. The van der Waals surface area contributed by atoms with E-state index in [1.807, 2.05) is 0 Å². The number of benzene rings is 2. The van der Waals surface area contributed by atoms with Gasteiger partial charge in [-0.3, -0.25) is 4.68 Å². The molecule has 1 aliphatic carbocycles. The van der Waals surface area contributed by atoms with Crippen LogP contribution in [0, 0.1) is 27.7 Å². The molecular formula is C25H30N2P+. The standard InChI is InChI=1S/C25H30N2P/c1-16-9-17(2)12-22(11-16)28(23-13-18(3)10-19(4)14-23)20(5)25-24(28)15-26-27(25)21-7-6-8-21/h9-15,20-21H,6-8H2,1-5H3/q+1. The van der Waals surface area contributed by atoms with Crippen molar-refractivity contribution in [2.75, 3.05) is 0 Å². The summed E-state index contributed by atoms with van der Waals surface area (Å²) in [5, 5.41) is 9.52. The average Bonchev–Trinajstić information content (AvgIpc) is 2.92. The van der Waals surface area contributed by atoms with Crippen LogP contribution in [0.4, 0.5) is 0 Å². The topological polar surface area (TPSA) is 17.8 Å². The molecule has 1 fully saturated rings. The zero-order chi connectivity index (χ0) is 19.6. The second-order valence-electron chi connectivity index (χ2n) is 9.03. The van der Waals surface area contributed by atoms with E-state index in [9.17, 15) is 0 Å². The van der Waals surface area contributed by atoms with E-state index in [0.717, 1.165) is 0 Å². The van der Waals surface area contributed by atoms with Crippen molar-refractivity contribution in [2.45, 2.75) is 65.6 Å². The molecule has 144 valence electrons. The van der Waals surface area contributed by atoms with E-state index in [0.29, 0.717) is 11.7 Å². The molecular weight excluding hydrogens is 359 g/mol. The fourth-order valence-electron chi connectivity index (χ4n) is 5.47. The first-order valence-corrected chi connectivity index (χ1v) is 12.4. The number of rotatable bonds is 3. The number of aromatic nitrogens is 2. The van der Waals surface area contributed by atoms with Crippen LogP contribution in [0.15, 0.2) is 42.6 Å². The van der Waals surface area contributed by atoms with E-state index < -0.39 is 7.26 Å². The number of hydrogen-bond donors (Lipinski definition) is 0. The van der Waals surface area contributed by atoms with Gasteiger partial charge in [-0.05, 0) is 100 Å². The van der Waals surface area contributed by atoms with Crippen molar-refractivity contribution in [2.24, 2.45) is 0 Å². The van der Waals surface area contributed by atoms with Gasteiger partial charge in [0.05, 0.1) is 12.2 Å². The Labute approximate surface area is 169 Å². The summed E-state index contributed by atoms with van der Waals surface area (Å²) in [4.78, 5) is 0. The molecule has 5 rings (SSSR count). The highest BCUT2D eigenvalue weighted by Crippen LogP contribution is 2.74. The quantitative estimate of drug-likeness (QED) is 0.562. The molecule has 0 N–H and O–H groups in total. The monoisotopic (exact) mass is 389 g/mol. The van der Waals surface area contributed by atoms with Crippen LogP contribution in [0.5, 0.6) is 0 Å². The predicted molar refractivity (Wildman–Crippen MR) is 121 cm³/mol. The van der Waals surface area contributed by atoms with Crippen LogP contribution in [0.1, 0.15) is 65.8 Å². The maximum absolute atomic E-state index is 4.93. The van der Waals surface area contributed by atoms with Crippen LogP contribution >= 0.6 is 7.26 Å².